The minimum Gasteiger partial charge on any atom is -0.482 e. The molecule has 18 heavy (non-hydrogen) atoms. The number of ether oxygens (including phenoxy) is 1. The Bertz CT molecular complexity index is 529. The topological polar surface area (TPSA) is 35.2 Å². The van der Waals surface area contributed by atoms with Crippen molar-refractivity contribution in [3.05, 3.63) is 50.1 Å². The number of hydrogen-bond donors (Lipinski definition) is 1. The predicted octanol–water partition coefficient (Wildman–Crippen LogP) is 4.63. The first-order valence-corrected chi connectivity index (χ1v) is 7.48. The highest BCUT2D eigenvalue weighted by molar-refractivity contribution is 9.11. The van der Waals surface area contributed by atoms with Crippen LogP contribution in [-0.4, -0.2) is 6.04 Å². The summed E-state index contributed by atoms with van der Waals surface area (Å²) in [6.07, 6.45) is -0.193. The molecule has 2 rings (SSSR count). The van der Waals surface area contributed by atoms with Crippen molar-refractivity contribution < 1.29 is 4.74 Å². The molecular weight excluding hydrogens is 334 g/mol. The number of para-hydroxylation sites is 1. The predicted molar refractivity (Wildman–Crippen MR) is 80.5 cm³/mol. The number of benzene rings is 1. The van der Waals surface area contributed by atoms with E-state index in [2.05, 4.69) is 15.9 Å². The van der Waals surface area contributed by atoms with Crippen LogP contribution in [0.25, 0.3) is 0 Å². The zero-order valence-corrected chi connectivity index (χ0v) is 12.9. The molecule has 2 aromatic rings. The third kappa shape index (κ3) is 3.26. The van der Waals surface area contributed by atoms with Gasteiger partial charge in [0.25, 0.3) is 0 Å². The van der Waals surface area contributed by atoms with Gasteiger partial charge in [0.05, 0.1) is 8.81 Å². The van der Waals surface area contributed by atoms with Crippen LogP contribution in [0, 0.1) is 0 Å². The molecule has 0 amide bonds. The zero-order valence-electron chi connectivity index (χ0n) is 9.77. The molecule has 0 saturated carbocycles. The Morgan fingerprint density at radius 2 is 2.00 bits per heavy atom. The minimum absolute atomic E-state index is 0.119. The lowest BCUT2D eigenvalue weighted by Crippen LogP contribution is -2.28. The quantitative estimate of drug-likeness (QED) is 0.876. The number of nitrogens with two attached hydrogens (primary N) is 1. The molecule has 0 aliphatic carbocycles. The van der Waals surface area contributed by atoms with Crippen LogP contribution in [0.1, 0.15) is 17.9 Å². The van der Waals surface area contributed by atoms with E-state index in [9.17, 15) is 0 Å². The summed E-state index contributed by atoms with van der Waals surface area (Å²) in [5.41, 5.74) is 6.00. The fourth-order valence-electron chi connectivity index (χ4n) is 1.58. The van der Waals surface area contributed by atoms with Crippen LogP contribution >= 0.6 is 38.9 Å². The van der Waals surface area contributed by atoms with Crippen molar-refractivity contribution in [2.75, 3.05) is 0 Å². The lowest BCUT2D eigenvalue weighted by atomic mass is 10.1. The number of rotatable bonds is 4. The van der Waals surface area contributed by atoms with E-state index >= 15 is 0 Å². The Balaban J connectivity index is 2.25. The summed E-state index contributed by atoms with van der Waals surface area (Å²) in [5.74, 6) is 0.658. The molecule has 1 aromatic carbocycles. The molecule has 0 aliphatic rings. The molecule has 0 fully saturated rings. The first-order valence-electron chi connectivity index (χ1n) is 5.50. The molecule has 0 saturated heterocycles. The van der Waals surface area contributed by atoms with Gasteiger partial charge in [-0.25, -0.2) is 0 Å². The molecule has 2 unspecified atom stereocenters. The first kappa shape index (κ1) is 13.9. The molecule has 0 aliphatic heterocycles. The minimum atomic E-state index is -0.193. The zero-order chi connectivity index (χ0) is 13.1. The maximum Gasteiger partial charge on any atom is 0.148 e. The van der Waals surface area contributed by atoms with Gasteiger partial charge in [-0.05, 0) is 47.1 Å². The summed E-state index contributed by atoms with van der Waals surface area (Å²) in [7, 11) is 0. The van der Waals surface area contributed by atoms with E-state index in [1.54, 1.807) is 17.4 Å². The Morgan fingerprint density at radius 1 is 1.28 bits per heavy atom. The number of thiophene rings is 1. The molecule has 96 valence electrons. The normalized spacial score (nSPS) is 14.2. The summed E-state index contributed by atoms with van der Waals surface area (Å²) >= 11 is 11.2. The summed E-state index contributed by atoms with van der Waals surface area (Å²) in [4.78, 5) is 1.08. The van der Waals surface area contributed by atoms with Gasteiger partial charge in [-0.1, -0.05) is 23.7 Å². The Kier molecular flexibility index (Phi) is 4.67. The number of hydrogen-bond acceptors (Lipinski definition) is 3. The largest absolute Gasteiger partial charge is 0.482 e. The van der Waals surface area contributed by atoms with Gasteiger partial charge in [-0.15, -0.1) is 11.3 Å². The Hall–Kier alpha value is -0.550. The fraction of sp³-hybridized carbons (Fsp3) is 0.231. The van der Waals surface area contributed by atoms with Gasteiger partial charge >= 0.3 is 0 Å². The first-order chi connectivity index (χ1) is 8.58. The Labute approximate surface area is 124 Å². The van der Waals surface area contributed by atoms with Crippen LogP contribution in [-0.2, 0) is 0 Å². The standard InChI is InChI=1S/C13H13BrClNOS/c1-8(16)13(11-6-7-12(14)18-11)17-10-5-3-2-4-9(10)15/h2-8,13H,16H2,1H3. The fourth-order valence-corrected chi connectivity index (χ4v) is 3.33. The second-order valence-corrected chi connectivity index (χ2v) is 6.87. The van der Waals surface area contributed by atoms with Gasteiger partial charge in [0.15, 0.2) is 0 Å². The van der Waals surface area contributed by atoms with E-state index < -0.39 is 0 Å². The van der Waals surface area contributed by atoms with Crippen molar-refractivity contribution in [2.24, 2.45) is 5.73 Å². The number of halogens is 2. The monoisotopic (exact) mass is 345 g/mol. The van der Waals surface area contributed by atoms with Gasteiger partial charge < -0.3 is 10.5 Å². The van der Waals surface area contributed by atoms with E-state index in [1.165, 1.54) is 0 Å². The highest BCUT2D eigenvalue weighted by Crippen LogP contribution is 2.34. The third-order valence-electron chi connectivity index (χ3n) is 2.44. The Morgan fingerprint density at radius 3 is 2.56 bits per heavy atom. The van der Waals surface area contributed by atoms with Crippen molar-refractivity contribution >= 4 is 38.9 Å². The molecule has 2 atom stereocenters. The van der Waals surface area contributed by atoms with Crippen LogP contribution in [0.3, 0.4) is 0 Å². The van der Waals surface area contributed by atoms with Crippen molar-refractivity contribution in [3.63, 3.8) is 0 Å². The highest BCUT2D eigenvalue weighted by Gasteiger charge is 2.21. The highest BCUT2D eigenvalue weighted by atomic mass is 79.9. The van der Waals surface area contributed by atoms with E-state index in [0.29, 0.717) is 10.8 Å². The average Bonchev–Trinajstić information content (AvgIpc) is 2.74. The summed E-state index contributed by atoms with van der Waals surface area (Å²) in [5, 5.41) is 0.596. The maximum absolute atomic E-state index is 6.09. The molecule has 1 heterocycles. The molecule has 2 N–H and O–H groups in total. The molecule has 0 radical (unpaired) electrons. The third-order valence-corrected chi connectivity index (χ3v) is 4.44. The molecular formula is C13H13BrClNOS. The van der Waals surface area contributed by atoms with Crippen LogP contribution in [0.2, 0.25) is 5.02 Å². The summed E-state index contributed by atoms with van der Waals surface area (Å²) < 4.78 is 7.00. The van der Waals surface area contributed by atoms with Gasteiger partial charge in [0, 0.05) is 10.9 Å². The van der Waals surface area contributed by atoms with E-state index in [1.807, 2.05) is 37.3 Å². The van der Waals surface area contributed by atoms with Crippen molar-refractivity contribution in [1.82, 2.24) is 0 Å². The second-order valence-electron chi connectivity index (χ2n) is 3.97. The van der Waals surface area contributed by atoms with E-state index in [0.717, 1.165) is 8.66 Å². The summed E-state index contributed by atoms with van der Waals surface area (Å²) in [6, 6.07) is 11.3. The van der Waals surface area contributed by atoms with Crippen molar-refractivity contribution in [1.29, 1.82) is 0 Å². The van der Waals surface area contributed by atoms with Gasteiger partial charge in [0.2, 0.25) is 0 Å². The van der Waals surface area contributed by atoms with Crippen molar-refractivity contribution in [2.45, 2.75) is 19.1 Å². The van der Waals surface area contributed by atoms with Crippen LogP contribution < -0.4 is 10.5 Å². The second kappa shape index (κ2) is 6.06. The van der Waals surface area contributed by atoms with Crippen LogP contribution in [0.15, 0.2) is 40.2 Å². The molecule has 5 heteroatoms. The molecule has 0 bridgehead atoms. The van der Waals surface area contributed by atoms with Crippen LogP contribution in [0.5, 0.6) is 5.75 Å². The summed E-state index contributed by atoms with van der Waals surface area (Å²) in [6.45, 7) is 1.93. The van der Waals surface area contributed by atoms with Crippen molar-refractivity contribution in [3.8, 4) is 5.75 Å². The molecule has 2 nitrogen and oxygen atoms in total. The van der Waals surface area contributed by atoms with Gasteiger partial charge in [0.1, 0.15) is 11.9 Å². The average molecular weight is 347 g/mol. The smallest absolute Gasteiger partial charge is 0.148 e. The van der Waals surface area contributed by atoms with Gasteiger partial charge in [-0.3, -0.25) is 0 Å². The van der Waals surface area contributed by atoms with E-state index in [-0.39, 0.29) is 12.1 Å². The van der Waals surface area contributed by atoms with E-state index in [4.69, 9.17) is 22.1 Å². The maximum atomic E-state index is 6.09. The SMILES string of the molecule is CC(N)C(Oc1ccccc1Cl)c1ccc(Br)s1. The molecule has 0 spiro atoms. The lowest BCUT2D eigenvalue weighted by molar-refractivity contribution is 0.184. The molecule has 1 aromatic heterocycles. The van der Waals surface area contributed by atoms with Crippen LogP contribution in [0.4, 0.5) is 0 Å². The lowest BCUT2D eigenvalue weighted by Gasteiger charge is -2.22. The van der Waals surface area contributed by atoms with Gasteiger partial charge in [-0.2, -0.15) is 0 Å².